The van der Waals surface area contributed by atoms with E-state index < -0.39 is 0 Å². The van der Waals surface area contributed by atoms with Crippen molar-refractivity contribution < 1.29 is 4.79 Å². The Balaban J connectivity index is 1.81. The van der Waals surface area contributed by atoms with Crippen molar-refractivity contribution in [2.24, 2.45) is 39.9 Å². The van der Waals surface area contributed by atoms with Crippen molar-refractivity contribution in [2.75, 3.05) is 7.05 Å². The molecular weight excluding hydrogens is 318 g/mol. The summed E-state index contributed by atoms with van der Waals surface area (Å²) in [7, 11) is 2.05. The fraction of sp³-hybridized carbons (Fsp3) is 0.875. The third kappa shape index (κ3) is 2.46. The quantitative estimate of drug-likeness (QED) is 0.623. The van der Waals surface area contributed by atoms with Crippen molar-refractivity contribution in [3.8, 4) is 0 Å². The van der Waals surface area contributed by atoms with Gasteiger partial charge in [0.25, 0.3) is 0 Å². The van der Waals surface area contributed by atoms with Crippen molar-refractivity contribution in [1.29, 1.82) is 0 Å². The third-order valence-corrected chi connectivity index (χ3v) is 9.31. The van der Waals surface area contributed by atoms with Crippen molar-refractivity contribution in [3.05, 3.63) is 12.2 Å². The van der Waals surface area contributed by atoms with Crippen LogP contribution >= 0.6 is 0 Å². The molecule has 3 fully saturated rings. The Labute approximate surface area is 160 Å². The highest BCUT2D eigenvalue weighted by Gasteiger charge is 2.64. The van der Waals surface area contributed by atoms with Gasteiger partial charge in [-0.2, -0.15) is 0 Å². The lowest BCUT2D eigenvalue weighted by Gasteiger charge is -2.66. The summed E-state index contributed by atoms with van der Waals surface area (Å²) < 4.78 is 0. The molecule has 2 unspecified atom stereocenters. The molecule has 0 bridgehead atoms. The molecule has 1 amide bonds. The van der Waals surface area contributed by atoms with Crippen LogP contribution in [0.1, 0.15) is 79.6 Å². The van der Waals surface area contributed by atoms with Crippen LogP contribution in [0.2, 0.25) is 0 Å². The molecule has 0 spiro atoms. The fourth-order valence-electron chi connectivity index (χ4n) is 8.31. The van der Waals surface area contributed by atoms with Crippen LogP contribution in [-0.2, 0) is 4.79 Å². The highest BCUT2D eigenvalue weighted by Crippen LogP contribution is 2.69. The van der Waals surface area contributed by atoms with Crippen LogP contribution in [-0.4, -0.2) is 23.9 Å². The van der Waals surface area contributed by atoms with Crippen molar-refractivity contribution in [2.45, 2.75) is 85.6 Å². The van der Waals surface area contributed by atoms with E-state index in [1.54, 1.807) is 0 Å². The number of hydrogen-bond acceptors (Lipinski definition) is 1. The van der Waals surface area contributed by atoms with Gasteiger partial charge in [-0.25, -0.2) is 0 Å². The van der Waals surface area contributed by atoms with E-state index in [-0.39, 0.29) is 11.3 Å². The molecule has 0 N–H and O–H groups in total. The Bertz CT molecular complexity index is 624. The van der Waals surface area contributed by atoms with E-state index in [1.165, 1.54) is 44.9 Å². The van der Waals surface area contributed by atoms with Gasteiger partial charge in [-0.15, -0.1) is 0 Å². The minimum absolute atomic E-state index is 0.160. The third-order valence-electron chi connectivity index (χ3n) is 9.31. The molecule has 0 saturated heterocycles. The fourth-order valence-corrected chi connectivity index (χ4v) is 8.31. The Hall–Kier alpha value is -0.790. The molecule has 0 aromatic rings. The van der Waals surface area contributed by atoms with Gasteiger partial charge >= 0.3 is 0 Å². The normalized spacial score (nSPS) is 50.6. The van der Waals surface area contributed by atoms with E-state index in [2.05, 4.69) is 45.6 Å². The van der Waals surface area contributed by atoms with Gasteiger partial charge in [0.2, 0.25) is 5.91 Å². The molecule has 2 nitrogen and oxygen atoms in total. The molecule has 0 aromatic carbocycles. The SMILES string of the molecule is CC(C)CC1(C)CC2N(C)C(=O)C=C[C@]2(C)[C@@H]2CC[C@]3(C)CCC[C@H]3[C@@H]21. The first-order valence-electron chi connectivity index (χ1n) is 11.1. The number of likely N-dealkylation sites (N-methyl/N-ethyl adjacent to an activating group) is 1. The molecule has 4 aliphatic rings. The second kappa shape index (κ2) is 5.85. The van der Waals surface area contributed by atoms with E-state index in [4.69, 9.17) is 0 Å². The lowest BCUT2D eigenvalue weighted by Crippen LogP contribution is -2.64. The lowest BCUT2D eigenvalue weighted by atomic mass is 9.41. The standard InChI is InChI=1S/C24H39NO/c1-16(2)14-23(4)15-19-24(5,13-10-20(26)25(19)6)18-9-12-22(3)11-7-8-17(22)21(18)23/h10,13,16-19,21H,7-9,11-12,14-15H2,1-6H3/t17-,18+,19?,21-,22-,23?,24+/m0/s1. The Morgan fingerprint density at radius 2 is 1.88 bits per heavy atom. The largest absolute Gasteiger partial charge is 0.338 e. The predicted octanol–water partition coefficient (Wildman–Crippen LogP) is 5.68. The maximum absolute atomic E-state index is 12.5. The highest BCUT2D eigenvalue weighted by atomic mass is 16.2. The average Bonchev–Trinajstić information content (AvgIpc) is 2.94. The number of hydrogen-bond donors (Lipinski definition) is 0. The zero-order valence-electron chi connectivity index (χ0n) is 17.8. The Morgan fingerprint density at radius 3 is 2.58 bits per heavy atom. The van der Waals surface area contributed by atoms with Gasteiger partial charge in [-0.05, 0) is 79.1 Å². The first-order valence-corrected chi connectivity index (χ1v) is 11.1. The van der Waals surface area contributed by atoms with Crippen LogP contribution in [0.5, 0.6) is 0 Å². The van der Waals surface area contributed by atoms with Crippen LogP contribution < -0.4 is 0 Å². The highest BCUT2D eigenvalue weighted by molar-refractivity contribution is 5.89. The summed E-state index contributed by atoms with van der Waals surface area (Å²) in [5.41, 5.74) is 1.09. The molecule has 3 aliphatic carbocycles. The van der Waals surface area contributed by atoms with Crippen LogP contribution in [0.25, 0.3) is 0 Å². The average molecular weight is 358 g/mol. The molecule has 146 valence electrons. The second-order valence-electron chi connectivity index (χ2n) is 11.4. The summed E-state index contributed by atoms with van der Waals surface area (Å²) in [5, 5.41) is 0. The molecule has 4 rings (SSSR count). The smallest absolute Gasteiger partial charge is 0.246 e. The number of nitrogens with zero attached hydrogens (tertiary/aromatic N) is 1. The minimum atomic E-state index is 0.160. The first kappa shape index (κ1) is 18.6. The summed E-state index contributed by atoms with van der Waals surface area (Å²) in [4.78, 5) is 14.5. The summed E-state index contributed by atoms with van der Waals surface area (Å²) >= 11 is 0. The Kier molecular flexibility index (Phi) is 4.18. The first-order chi connectivity index (χ1) is 12.1. The Morgan fingerprint density at radius 1 is 1.15 bits per heavy atom. The zero-order chi connectivity index (χ0) is 18.9. The van der Waals surface area contributed by atoms with E-state index in [0.717, 1.165) is 23.7 Å². The van der Waals surface area contributed by atoms with Gasteiger partial charge in [0.15, 0.2) is 0 Å². The van der Waals surface area contributed by atoms with Gasteiger partial charge < -0.3 is 4.90 Å². The number of rotatable bonds is 2. The second-order valence-corrected chi connectivity index (χ2v) is 11.4. The van der Waals surface area contributed by atoms with Gasteiger partial charge in [-0.1, -0.05) is 47.1 Å². The monoisotopic (exact) mass is 357 g/mol. The maximum Gasteiger partial charge on any atom is 0.246 e. The van der Waals surface area contributed by atoms with Crippen LogP contribution in [0.3, 0.4) is 0 Å². The van der Waals surface area contributed by atoms with E-state index in [1.807, 2.05) is 13.1 Å². The predicted molar refractivity (Wildman–Crippen MR) is 108 cm³/mol. The molecule has 0 radical (unpaired) electrons. The van der Waals surface area contributed by atoms with E-state index in [0.29, 0.717) is 16.9 Å². The summed E-state index contributed by atoms with van der Waals surface area (Å²) in [6.45, 7) is 12.4. The summed E-state index contributed by atoms with van der Waals surface area (Å²) in [5.74, 6) is 3.37. The molecule has 0 aromatic heterocycles. The summed E-state index contributed by atoms with van der Waals surface area (Å²) in [6, 6.07) is 0.371. The molecular formula is C24H39NO. The van der Waals surface area contributed by atoms with Gasteiger partial charge in [0.05, 0.1) is 0 Å². The zero-order valence-corrected chi connectivity index (χ0v) is 17.8. The van der Waals surface area contributed by atoms with Gasteiger partial charge in [-0.3, -0.25) is 4.79 Å². The molecule has 3 saturated carbocycles. The molecule has 1 aliphatic heterocycles. The number of amides is 1. The maximum atomic E-state index is 12.5. The lowest BCUT2D eigenvalue weighted by molar-refractivity contribution is -0.162. The van der Waals surface area contributed by atoms with Crippen molar-refractivity contribution in [3.63, 3.8) is 0 Å². The van der Waals surface area contributed by atoms with Crippen molar-refractivity contribution in [1.82, 2.24) is 4.90 Å². The van der Waals surface area contributed by atoms with E-state index in [9.17, 15) is 4.79 Å². The topological polar surface area (TPSA) is 20.3 Å². The molecule has 26 heavy (non-hydrogen) atoms. The number of carbonyl (C=O) groups is 1. The van der Waals surface area contributed by atoms with Gasteiger partial charge in [0, 0.05) is 18.5 Å². The minimum Gasteiger partial charge on any atom is -0.338 e. The number of fused-ring (bicyclic) bond motifs is 5. The van der Waals surface area contributed by atoms with Crippen LogP contribution in [0.4, 0.5) is 0 Å². The molecule has 2 heteroatoms. The molecule has 1 heterocycles. The number of carbonyl (C=O) groups excluding carboxylic acids is 1. The van der Waals surface area contributed by atoms with Crippen LogP contribution in [0.15, 0.2) is 12.2 Å². The van der Waals surface area contributed by atoms with E-state index >= 15 is 0 Å². The van der Waals surface area contributed by atoms with Crippen LogP contribution in [0, 0.1) is 39.9 Å². The van der Waals surface area contributed by atoms with Crippen molar-refractivity contribution >= 4 is 5.91 Å². The van der Waals surface area contributed by atoms with Gasteiger partial charge in [0.1, 0.15) is 0 Å². The summed E-state index contributed by atoms with van der Waals surface area (Å²) in [6.07, 6.45) is 13.7. The molecule has 7 atom stereocenters.